The molecule has 0 aromatic heterocycles. The molecule has 0 bridgehead atoms. The normalized spacial score (nSPS) is 15.1. The molecule has 0 N–H and O–H groups in total. The van der Waals surface area contributed by atoms with Crippen LogP contribution in [0.2, 0.25) is 0 Å². The Bertz CT molecular complexity index is 231. The molecule has 0 fully saturated rings. The summed E-state index contributed by atoms with van der Waals surface area (Å²) in [6, 6.07) is 4.26. The third-order valence-electron chi connectivity index (χ3n) is 2.61. The Morgan fingerprint density at radius 2 is 1.27 bits per heavy atom. The first-order chi connectivity index (χ1) is 6.99. The van der Waals surface area contributed by atoms with Crippen LogP contribution >= 0.6 is 0 Å². The molecule has 0 aromatic carbocycles. The van der Waals surface area contributed by atoms with E-state index in [0.29, 0.717) is 0 Å². The van der Waals surface area contributed by atoms with Crippen LogP contribution in [0.5, 0.6) is 0 Å². The molecule has 0 aliphatic rings. The van der Waals surface area contributed by atoms with Crippen molar-refractivity contribution >= 4 is 0 Å². The molecule has 0 aromatic rings. The second-order valence-corrected chi connectivity index (χ2v) is 4.47. The minimum Gasteiger partial charge on any atom is -0.272 e. The Labute approximate surface area is 93.3 Å². The van der Waals surface area contributed by atoms with Crippen molar-refractivity contribution < 1.29 is 0 Å². The predicted octanol–water partition coefficient (Wildman–Crippen LogP) is 2.40. The highest BCUT2D eigenvalue weighted by molar-refractivity contribution is 5.03. The highest BCUT2D eigenvalue weighted by atomic mass is 15.2. The predicted molar refractivity (Wildman–Crippen MR) is 60.9 cm³/mol. The first-order valence-electron chi connectivity index (χ1n) is 5.54. The Hall–Kier alpha value is -1.06. The van der Waals surface area contributed by atoms with Gasteiger partial charge in [-0.3, -0.25) is 4.90 Å². The van der Waals surface area contributed by atoms with E-state index in [1.54, 1.807) is 0 Å². The quantitative estimate of drug-likeness (QED) is 0.695. The van der Waals surface area contributed by atoms with Crippen LogP contribution in [0.15, 0.2) is 0 Å². The van der Waals surface area contributed by atoms with Gasteiger partial charge >= 0.3 is 0 Å². The van der Waals surface area contributed by atoms with Gasteiger partial charge in [-0.15, -0.1) is 0 Å². The average Bonchev–Trinajstić information content (AvgIpc) is 2.16. The second kappa shape index (κ2) is 6.43. The van der Waals surface area contributed by atoms with Gasteiger partial charge in [-0.2, -0.15) is 10.5 Å². The lowest BCUT2D eigenvalue weighted by Gasteiger charge is -2.34. The topological polar surface area (TPSA) is 50.8 Å². The monoisotopic (exact) mass is 207 g/mol. The molecule has 3 heteroatoms. The van der Waals surface area contributed by atoms with E-state index in [9.17, 15) is 0 Å². The molecule has 2 atom stereocenters. The molecule has 0 spiro atoms. The van der Waals surface area contributed by atoms with Crippen LogP contribution in [0.25, 0.3) is 0 Å². The summed E-state index contributed by atoms with van der Waals surface area (Å²) in [5.41, 5.74) is 0. The van der Waals surface area contributed by atoms with Crippen LogP contribution in [0, 0.1) is 34.5 Å². The molecule has 0 saturated carbocycles. The maximum atomic E-state index is 9.12. The number of hydrogen-bond acceptors (Lipinski definition) is 3. The summed E-state index contributed by atoms with van der Waals surface area (Å²) in [6.45, 7) is 10.8. The Morgan fingerprint density at radius 3 is 1.40 bits per heavy atom. The van der Waals surface area contributed by atoms with Gasteiger partial charge in [0.25, 0.3) is 0 Å². The molecule has 0 aliphatic carbocycles. The number of rotatable bonds is 5. The standard InChI is InChI=1S/C12H21N3/c1-6-15(11(7-13)9(2)3)12(8-14)10(4)5/h9-12H,6H2,1-5H3. The fourth-order valence-corrected chi connectivity index (χ4v) is 1.78. The largest absolute Gasteiger partial charge is 0.272 e. The molecule has 0 radical (unpaired) electrons. The van der Waals surface area contributed by atoms with E-state index in [-0.39, 0.29) is 23.9 Å². The third-order valence-corrected chi connectivity index (χ3v) is 2.61. The van der Waals surface area contributed by atoms with Crippen LogP contribution in [0.4, 0.5) is 0 Å². The zero-order valence-electron chi connectivity index (χ0n) is 10.4. The van der Waals surface area contributed by atoms with Gasteiger partial charge in [0.1, 0.15) is 12.1 Å². The number of nitriles is 2. The first kappa shape index (κ1) is 13.9. The highest BCUT2D eigenvalue weighted by Gasteiger charge is 2.28. The smallest absolute Gasteiger partial charge is 0.101 e. The molecule has 0 rings (SSSR count). The van der Waals surface area contributed by atoms with Gasteiger partial charge in [-0.25, -0.2) is 0 Å². The maximum Gasteiger partial charge on any atom is 0.101 e. The minimum atomic E-state index is -0.165. The molecule has 0 heterocycles. The van der Waals surface area contributed by atoms with E-state index >= 15 is 0 Å². The highest BCUT2D eigenvalue weighted by Crippen LogP contribution is 2.17. The lowest BCUT2D eigenvalue weighted by atomic mass is 9.97. The van der Waals surface area contributed by atoms with Gasteiger partial charge in [-0.1, -0.05) is 34.6 Å². The SMILES string of the molecule is CCN(C(C#N)C(C)C)C(C#N)C(C)C. The van der Waals surface area contributed by atoms with Crippen LogP contribution < -0.4 is 0 Å². The van der Waals surface area contributed by atoms with Crippen LogP contribution in [0.1, 0.15) is 34.6 Å². The van der Waals surface area contributed by atoms with Gasteiger partial charge in [-0.05, 0) is 18.4 Å². The average molecular weight is 207 g/mol. The lowest BCUT2D eigenvalue weighted by Crippen LogP contribution is -2.46. The van der Waals surface area contributed by atoms with Gasteiger partial charge < -0.3 is 0 Å². The molecule has 0 aliphatic heterocycles. The summed E-state index contributed by atoms with van der Waals surface area (Å²) in [5.74, 6) is 0.508. The van der Waals surface area contributed by atoms with E-state index < -0.39 is 0 Å². The molecular formula is C12H21N3. The summed E-state index contributed by atoms with van der Waals surface area (Å²) >= 11 is 0. The summed E-state index contributed by atoms with van der Waals surface area (Å²) in [6.07, 6.45) is 0. The van der Waals surface area contributed by atoms with Gasteiger partial charge in [0.2, 0.25) is 0 Å². The fourth-order valence-electron chi connectivity index (χ4n) is 1.78. The Morgan fingerprint density at radius 1 is 0.933 bits per heavy atom. The summed E-state index contributed by atoms with van der Waals surface area (Å²) in [7, 11) is 0. The molecule has 0 amide bonds. The lowest BCUT2D eigenvalue weighted by molar-refractivity contribution is 0.143. The van der Waals surface area contributed by atoms with Crippen LogP contribution in [0.3, 0.4) is 0 Å². The van der Waals surface area contributed by atoms with Crippen molar-refractivity contribution in [1.29, 1.82) is 10.5 Å². The van der Waals surface area contributed by atoms with E-state index in [1.807, 2.05) is 39.5 Å². The molecule has 84 valence electrons. The summed E-state index contributed by atoms with van der Waals surface area (Å²) in [4.78, 5) is 2.00. The first-order valence-corrected chi connectivity index (χ1v) is 5.54. The van der Waals surface area contributed by atoms with Crippen molar-refractivity contribution in [2.45, 2.75) is 46.7 Å². The zero-order valence-corrected chi connectivity index (χ0v) is 10.4. The molecule has 3 nitrogen and oxygen atoms in total. The molecular weight excluding hydrogens is 186 g/mol. The van der Waals surface area contributed by atoms with E-state index in [1.165, 1.54) is 0 Å². The van der Waals surface area contributed by atoms with E-state index in [0.717, 1.165) is 6.54 Å². The van der Waals surface area contributed by atoms with Crippen molar-refractivity contribution in [3.05, 3.63) is 0 Å². The molecule has 15 heavy (non-hydrogen) atoms. The fraction of sp³-hybridized carbons (Fsp3) is 0.833. The van der Waals surface area contributed by atoms with Gasteiger partial charge in [0, 0.05) is 0 Å². The van der Waals surface area contributed by atoms with Crippen molar-refractivity contribution in [1.82, 2.24) is 4.90 Å². The number of hydrogen-bond donors (Lipinski definition) is 0. The van der Waals surface area contributed by atoms with Crippen molar-refractivity contribution in [3.63, 3.8) is 0 Å². The van der Waals surface area contributed by atoms with Crippen LogP contribution in [-0.4, -0.2) is 23.5 Å². The number of nitrogens with zero attached hydrogens (tertiary/aromatic N) is 3. The molecule has 0 saturated heterocycles. The van der Waals surface area contributed by atoms with Crippen molar-refractivity contribution in [3.8, 4) is 12.1 Å². The van der Waals surface area contributed by atoms with Crippen molar-refractivity contribution in [2.75, 3.05) is 6.54 Å². The van der Waals surface area contributed by atoms with Gasteiger partial charge in [0.15, 0.2) is 0 Å². The zero-order chi connectivity index (χ0) is 12.0. The van der Waals surface area contributed by atoms with Gasteiger partial charge in [0.05, 0.1) is 12.1 Å². The minimum absolute atomic E-state index is 0.165. The van der Waals surface area contributed by atoms with Crippen LogP contribution in [-0.2, 0) is 0 Å². The maximum absolute atomic E-state index is 9.12. The second-order valence-electron chi connectivity index (χ2n) is 4.47. The summed E-state index contributed by atoms with van der Waals surface area (Å²) < 4.78 is 0. The Kier molecular flexibility index (Phi) is 5.97. The van der Waals surface area contributed by atoms with E-state index in [4.69, 9.17) is 10.5 Å². The summed E-state index contributed by atoms with van der Waals surface area (Å²) in [5, 5.41) is 18.2. The Balaban J connectivity index is 4.89. The van der Waals surface area contributed by atoms with E-state index in [2.05, 4.69) is 12.1 Å². The van der Waals surface area contributed by atoms with Crippen molar-refractivity contribution in [2.24, 2.45) is 11.8 Å². The molecule has 2 unspecified atom stereocenters. The third kappa shape index (κ3) is 3.53.